The van der Waals surface area contributed by atoms with Crippen LogP contribution in [0.4, 0.5) is 5.69 Å². The summed E-state index contributed by atoms with van der Waals surface area (Å²) in [4.78, 5) is 17.6. The highest BCUT2D eigenvalue weighted by molar-refractivity contribution is 6.06. The van der Waals surface area contributed by atoms with Gasteiger partial charge in [0, 0.05) is 35.6 Å². The second-order valence-corrected chi connectivity index (χ2v) is 7.83. The first-order valence-corrected chi connectivity index (χ1v) is 10.0. The van der Waals surface area contributed by atoms with Crippen molar-refractivity contribution in [2.75, 3.05) is 5.32 Å². The fraction of sp³-hybridized carbons (Fsp3) is 0.304. The van der Waals surface area contributed by atoms with Gasteiger partial charge in [-0.15, -0.1) is 0 Å². The molecule has 0 bridgehead atoms. The Labute approximate surface area is 164 Å². The monoisotopic (exact) mass is 372 g/mol. The van der Waals surface area contributed by atoms with Crippen molar-refractivity contribution in [2.24, 2.45) is 5.73 Å². The summed E-state index contributed by atoms with van der Waals surface area (Å²) in [5.41, 5.74) is 12.2. The molecule has 2 aliphatic rings. The summed E-state index contributed by atoms with van der Waals surface area (Å²) < 4.78 is 2.28. The lowest BCUT2D eigenvalue weighted by atomic mass is 10.1. The Morgan fingerprint density at radius 2 is 1.96 bits per heavy atom. The third-order valence-electron chi connectivity index (χ3n) is 5.85. The third kappa shape index (κ3) is 3.02. The van der Waals surface area contributed by atoms with Crippen molar-refractivity contribution >= 4 is 11.6 Å². The number of nitrogens with one attached hydrogen (secondary N) is 1. The van der Waals surface area contributed by atoms with E-state index in [1.54, 1.807) is 0 Å². The summed E-state index contributed by atoms with van der Waals surface area (Å²) in [6.45, 7) is 0.984. The molecule has 0 saturated carbocycles. The number of hydrogen-bond acceptors (Lipinski definition) is 3. The Morgan fingerprint density at radius 1 is 1.11 bits per heavy atom. The molecule has 142 valence electrons. The van der Waals surface area contributed by atoms with E-state index in [9.17, 15) is 4.79 Å². The summed E-state index contributed by atoms with van der Waals surface area (Å²) in [7, 11) is 0. The van der Waals surface area contributed by atoms with Gasteiger partial charge in [-0.1, -0.05) is 18.2 Å². The van der Waals surface area contributed by atoms with E-state index in [0.29, 0.717) is 5.56 Å². The molecule has 2 heterocycles. The topological polar surface area (TPSA) is 72.9 Å². The number of fused-ring (bicyclic) bond motifs is 2. The fourth-order valence-corrected chi connectivity index (χ4v) is 4.43. The average molecular weight is 372 g/mol. The molecule has 0 spiro atoms. The SMILES string of the molecule is NC1Cc2ccc(C(=O)Nc3ccccc3-c3ncc4n3CCCC4)cc2C1. The van der Waals surface area contributed by atoms with Gasteiger partial charge in [0.15, 0.2) is 0 Å². The van der Waals surface area contributed by atoms with E-state index in [0.717, 1.165) is 42.9 Å². The number of amides is 1. The molecular weight excluding hydrogens is 348 g/mol. The summed E-state index contributed by atoms with van der Waals surface area (Å²) in [5, 5.41) is 3.10. The minimum absolute atomic E-state index is 0.0962. The van der Waals surface area contributed by atoms with Gasteiger partial charge in [-0.3, -0.25) is 4.79 Å². The highest BCUT2D eigenvalue weighted by Gasteiger charge is 2.21. The van der Waals surface area contributed by atoms with Crippen LogP contribution in [0.25, 0.3) is 11.4 Å². The van der Waals surface area contributed by atoms with Crippen molar-refractivity contribution in [3.8, 4) is 11.4 Å². The molecular formula is C23H24N4O. The zero-order chi connectivity index (χ0) is 19.1. The molecule has 3 aromatic rings. The van der Waals surface area contributed by atoms with E-state index in [1.807, 2.05) is 48.7 Å². The number of rotatable bonds is 3. The minimum atomic E-state index is -0.0962. The Bertz CT molecular complexity index is 1050. The van der Waals surface area contributed by atoms with Gasteiger partial charge in [-0.2, -0.15) is 0 Å². The zero-order valence-electron chi connectivity index (χ0n) is 15.8. The molecule has 1 unspecified atom stereocenters. The predicted octanol–water partition coefficient (Wildman–Crippen LogP) is 3.56. The lowest BCUT2D eigenvalue weighted by Crippen LogP contribution is -2.19. The van der Waals surface area contributed by atoms with Crippen LogP contribution in [0.3, 0.4) is 0 Å². The minimum Gasteiger partial charge on any atom is -0.328 e. The van der Waals surface area contributed by atoms with Crippen LogP contribution < -0.4 is 11.1 Å². The number of aromatic nitrogens is 2. The quantitative estimate of drug-likeness (QED) is 0.738. The highest BCUT2D eigenvalue weighted by Crippen LogP contribution is 2.31. The number of nitrogens with zero attached hydrogens (tertiary/aromatic N) is 2. The number of aryl methyl sites for hydroxylation is 1. The van der Waals surface area contributed by atoms with E-state index in [1.165, 1.54) is 29.7 Å². The molecule has 1 atom stereocenters. The molecule has 3 N–H and O–H groups in total. The molecule has 1 aromatic heterocycles. The first-order valence-electron chi connectivity index (χ1n) is 10.0. The zero-order valence-corrected chi connectivity index (χ0v) is 15.8. The van der Waals surface area contributed by atoms with E-state index >= 15 is 0 Å². The largest absolute Gasteiger partial charge is 0.328 e. The molecule has 28 heavy (non-hydrogen) atoms. The smallest absolute Gasteiger partial charge is 0.255 e. The second kappa shape index (κ2) is 6.91. The van der Waals surface area contributed by atoms with Crippen LogP contribution in [-0.2, 0) is 25.8 Å². The van der Waals surface area contributed by atoms with Crippen molar-refractivity contribution in [3.63, 3.8) is 0 Å². The van der Waals surface area contributed by atoms with E-state index in [2.05, 4.69) is 14.9 Å². The maximum Gasteiger partial charge on any atom is 0.255 e. The van der Waals surface area contributed by atoms with Crippen molar-refractivity contribution in [2.45, 2.75) is 44.7 Å². The normalized spacial score (nSPS) is 17.8. The number of para-hydroxylation sites is 1. The van der Waals surface area contributed by atoms with Crippen molar-refractivity contribution in [1.29, 1.82) is 0 Å². The number of benzene rings is 2. The Morgan fingerprint density at radius 3 is 2.89 bits per heavy atom. The first kappa shape index (κ1) is 17.2. The number of hydrogen-bond donors (Lipinski definition) is 2. The molecule has 1 aliphatic heterocycles. The molecule has 0 radical (unpaired) electrons. The Balaban J connectivity index is 1.45. The Hall–Kier alpha value is -2.92. The number of carbonyl (C=O) groups is 1. The molecule has 2 aromatic carbocycles. The molecule has 5 rings (SSSR count). The number of imidazole rings is 1. The van der Waals surface area contributed by atoms with Crippen LogP contribution >= 0.6 is 0 Å². The second-order valence-electron chi connectivity index (χ2n) is 7.83. The highest BCUT2D eigenvalue weighted by atomic mass is 16.1. The van der Waals surface area contributed by atoms with E-state index in [4.69, 9.17) is 5.73 Å². The van der Waals surface area contributed by atoms with Crippen LogP contribution in [0.15, 0.2) is 48.7 Å². The molecule has 0 saturated heterocycles. The van der Waals surface area contributed by atoms with Crippen LogP contribution in [0.5, 0.6) is 0 Å². The van der Waals surface area contributed by atoms with Gasteiger partial charge in [0.2, 0.25) is 0 Å². The number of anilines is 1. The number of carbonyl (C=O) groups excluding carboxylic acids is 1. The Kier molecular flexibility index (Phi) is 4.24. The molecule has 1 aliphatic carbocycles. The van der Waals surface area contributed by atoms with Crippen LogP contribution in [0.2, 0.25) is 0 Å². The van der Waals surface area contributed by atoms with Gasteiger partial charge in [0.1, 0.15) is 5.82 Å². The first-order chi connectivity index (χ1) is 13.7. The summed E-state index contributed by atoms with van der Waals surface area (Å²) >= 11 is 0. The third-order valence-corrected chi connectivity index (χ3v) is 5.85. The van der Waals surface area contributed by atoms with Crippen LogP contribution in [-0.4, -0.2) is 21.5 Å². The summed E-state index contributed by atoms with van der Waals surface area (Å²) in [6, 6.07) is 14.0. The summed E-state index contributed by atoms with van der Waals surface area (Å²) in [6.07, 6.45) is 7.15. The van der Waals surface area contributed by atoms with Gasteiger partial charge in [0.05, 0.1) is 5.69 Å². The van der Waals surface area contributed by atoms with Crippen LogP contribution in [0, 0.1) is 0 Å². The van der Waals surface area contributed by atoms with Crippen molar-refractivity contribution in [1.82, 2.24) is 9.55 Å². The maximum atomic E-state index is 12.9. The number of nitrogens with two attached hydrogens (primary N) is 1. The average Bonchev–Trinajstić information content (AvgIpc) is 3.30. The molecule has 5 nitrogen and oxygen atoms in total. The molecule has 1 amide bonds. The van der Waals surface area contributed by atoms with Gasteiger partial charge >= 0.3 is 0 Å². The fourth-order valence-electron chi connectivity index (χ4n) is 4.43. The van der Waals surface area contributed by atoms with Gasteiger partial charge in [-0.25, -0.2) is 4.98 Å². The summed E-state index contributed by atoms with van der Waals surface area (Å²) in [5.74, 6) is 0.840. The van der Waals surface area contributed by atoms with Crippen LogP contribution in [0.1, 0.15) is 40.0 Å². The predicted molar refractivity (Wildman–Crippen MR) is 110 cm³/mol. The van der Waals surface area contributed by atoms with E-state index < -0.39 is 0 Å². The van der Waals surface area contributed by atoms with Gasteiger partial charge in [0.25, 0.3) is 5.91 Å². The standard InChI is InChI=1S/C23H24N4O/c24-18-12-15-8-9-16(11-17(15)13-18)23(28)26-21-7-2-1-6-20(21)22-25-14-19-5-3-4-10-27(19)22/h1-2,6-9,11,14,18H,3-5,10,12-13,24H2,(H,26,28). The maximum absolute atomic E-state index is 12.9. The lowest BCUT2D eigenvalue weighted by Gasteiger charge is -2.18. The van der Waals surface area contributed by atoms with Gasteiger partial charge < -0.3 is 15.6 Å². The lowest BCUT2D eigenvalue weighted by molar-refractivity contribution is 0.102. The van der Waals surface area contributed by atoms with E-state index in [-0.39, 0.29) is 11.9 Å². The van der Waals surface area contributed by atoms with Crippen molar-refractivity contribution in [3.05, 3.63) is 71.0 Å². The molecule has 0 fully saturated rings. The molecule has 5 heteroatoms. The van der Waals surface area contributed by atoms with Gasteiger partial charge in [-0.05, 0) is 67.5 Å². The van der Waals surface area contributed by atoms with Crippen molar-refractivity contribution < 1.29 is 4.79 Å².